The van der Waals surface area contributed by atoms with E-state index in [1.807, 2.05) is 42.5 Å². The third-order valence-electron chi connectivity index (χ3n) is 3.39. The lowest BCUT2D eigenvalue weighted by Gasteiger charge is -2.25. The summed E-state index contributed by atoms with van der Waals surface area (Å²) in [6, 6.07) is 18.3. The summed E-state index contributed by atoms with van der Waals surface area (Å²) in [6.07, 6.45) is 1.80. The number of rotatable bonds is 2. The van der Waals surface area contributed by atoms with Gasteiger partial charge < -0.3 is 5.32 Å². The first-order valence-corrected chi connectivity index (χ1v) is 6.25. The third kappa shape index (κ3) is 2.14. The molecule has 0 fully saturated rings. The Hall–Kier alpha value is -2.09. The molecule has 0 saturated carbocycles. The summed E-state index contributed by atoms with van der Waals surface area (Å²) in [5, 5.41) is 3.08. The zero-order valence-corrected chi connectivity index (χ0v) is 10.1. The number of benzene rings is 2. The summed E-state index contributed by atoms with van der Waals surface area (Å²) < 4.78 is 0. The van der Waals surface area contributed by atoms with Crippen LogP contribution in [0.4, 0.5) is 0 Å². The summed E-state index contributed by atoms with van der Waals surface area (Å²) >= 11 is 0. The maximum atomic E-state index is 12.0. The second kappa shape index (κ2) is 4.65. The Morgan fingerprint density at radius 1 is 1.00 bits per heavy atom. The minimum Gasteiger partial charge on any atom is -0.349 e. The third-order valence-corrected chi connectivity index (χ3v) is 3.39. The lowest BCUT2D eigenvalue weighted by Crippen LogP contribution is -2.42. The SMILES string of the molecule is O=C1NC(Cc2ccccc2)Cc2ccccc21. The van der Waals surface area contributed by atoms with Gasteiger partial charge in [0.15, 0.2) is 0 Å². The molecule has 1 aliphatic rings. The molecule has 0 spiro atoms. The lowest BCUT2D eigenvalue weighted by molar-refractivity contribution is 0.0925. The van der Waals surface area contributed by atoms with E-state index < -0.39 is 0 Å². The molecule has 90 valence electrons. The normalized spacial score (nSPS) is 18.0. The summed E-state index contributed by atoms with van der Waals surface area (Å²) in [4.78, 5) is 12.0. The number of amides is 1. The van der Waals surface area contributed by atoms with E-state index in [2.05, 4.69) is 17.4 Å². The van der Waals surface area contributed by atoms with E-state index in [1.54, 1.807) is 0 Å². The zero-order valence-electron chi connectivity index (χ0n) is 10.1. The second-order valence-corrected chi connectivity index (χ2v) is 4.72. The van der Waals surface area contributed by atoms with Crippen LogP contribution in [0.5, 0.6) is 0 Å². The molecule has 0 radical (unpaired) electrons. The van der Waals surface area contributed by atoms with E-state index in [0.717, 1.165) is 24.0 Å². The molecule has 0 saturated heterocycles. The molecule has 18 heavy (non-hydrogen) atoms. The van der Waals surface area contributed by atoms with Crippen LogP contribution in [0.15, 0.2) is 54.6 Å². The topological polar surface area (TPSA) is 29.1 Å². The van der Waals surface area contributed by atoms with Crippen LogP contribution in [0.1, 0.15) is 21.5 Å². The summed E-state index contributed by atoms with van der Waals surface area (Å²) in [7, 11) is 0. The van der Waals surface area contributed by atoms with E-state index >= 15 is 0 Å². The smallest absolute Gasteiger partial charge is 0.251 e. The van der Waals surface area contributed by atoms with Crippen molar-refractivity contribution in [3.8, 4) is 0 Å². The van der Waals surface area contributed by atoms with Crippen LogP contribution >= 0.6 is 0 Å². The molecule has 2 heteroatoms. The molecule has 0 bridgehead atoms. The van der Waals surface area contributed by atoms with Gasteiger partial charge in [0.1, 0.15) is 0 Å². The molecule has 1 atom stereocenters. The van der Waals surface area contributed by atoms with Crippen molar-refractivity contribution >= 4 is 5.91 Å². The van der Waals surface area contributed by atoms with Crippen molar-refractivity contribution in [2.24, 2.45) is 0 Å². The van der Waals surface area contributed by atoms with Crippen LogP contribution in [-0.4, -0.2) is 11.9 Å². The number of fused-ring (bicyclic) bond motifs is 1. The molecule has 1 heterocycles. The van der Waals surface area contributed by atoms with Crippen molar-refractivity contribution in [3.05, 3.63) is 71.3 Å². The van der Waals surface area contributed by atoms with Gasteiger partial charge in [-0.05, 0) is 30.0 Å². The van der Waals surface area contributed by atoms with E-state index in [4.69, 9.17) is 0 Å². The van der Waals surface area contributed by atoms with Crippen LogP contribution in [0.3, 0.4) is 0 Å². The molecule has 1 amide bonds. The Balaban J connectivity index is 1.80. The Morgan fingerprint density at radius 3 is 2.56 bits per heavy atom. The number of hydrogen-bond donors (Lipinski definition) is 1. The van der Waals surface area contributed by atoms with E-state index in [-0.39, 0.29) is 11.9 Å². The Kier molecular flexibility index (Phi) is 2.85. The lowest BCUT2D eigenvalue weighted by atomic mass is 9.92. The first-order chi connectivity index (χ1) is 8.83. The molecule has 2 aromatic rings. The highest BCUT2D eigenvalue weighted by atomic mass is 16.1. The number of hydrogen-bond acceptors (Lipinski definition) is 1. The van der Waals surface area contributed by atoms with Crippen LogP contribution in [-0.2, 0) is 12.8 Å². The molecular weight excluding hydrogens is 222 g/mol. The van der Waals surface area contributed by atoms with Crippen LogP contribution in [0.2, 0.25) is 0 Å². The fourth-order valence-electron chi connectivity index (χ4n) is 2.52. The van der Waals surface area contributed by atoms with Gasteiger partial charge in [-0.1, -0.05) is 48.5 Å². The monoisotopic (exact) mass is 237 g/mol. The molecule has 2 nitrogen and oxygen atoms in total. The first-order valence-electron chi connectivity index (χ1n) is 6.25. The van der Waals surface area contributed by atoms with Gasteiger partial charge in [-0.2, -0.15) is 0 Å². The first kappa shape index (κ1) is 11.0. The van der Waals surface area contributed by atoms with Crippen molar-refractivity contribution in [1.29, 1.82) is 0 Å². The predicted octanol–water partition coefficient (Wildman–Crippen LogP) is 2.58. The quantitative estimate of drug-likeness (QED) is 0.854. The number of nitrogens with one attached hydrogen (secondary N) is 1. The highest BCUT2D eigenvalue weighted by molar-refractivity contribution is 5.97. The fourth-order valence-corrected chi connectivity index (χ4v) is 2.52. The van der Waals surface area contributed by atoms with Gasteiger partial charge in [0.25, 0.3) is 5.91 Å². The van der Waals surface area contributed by atoms with Gasteiger partial charge in [-0.3, -0.25) is 4.79 Å². The minimum atomic E-state index is 0.0535. The van der Waals surface area contributed by atoms with Crippen LogP contribution in [0.25, 0.3) is 0 Å². The van der Waals surface area contributed by atoms with E-state index in [1.165, 1.54) is 5.56 Å². The molecule has 2 aromatic carbocycles. The van der Waals surface area contributed by atoms with E-state index in [9.17, 15) is 4.79 Å². The van der Waals surface area contributed by atoms with Crippen molar-refractivity contribution in [3.63, 3.8) is 0 Å². The highest BCUT2D eigenvalue weighted by Gasteiger charge is 2.23. The summed E-state index contributed by atoms with van der Waals surface area (Å²) in [5.41, 5.74) is 3.24. The molecule has 0 aliphatic carbocycles. The highest BCUT2D eigenvalue weighted by Crippen LogP contribution is 2.18. The van der Waals surface area contributed by atoms with Gasteiger partial charge in [0.05, 0.1) is 0 Å². The zero-order chi connectivity index (χ0) is 12.4. The van der Waals surface area contributed by atoms with Gasteiger partial charge >= 0.3 is 0 Å². The van der Waals surface area contributed by atoms with Gasteiger partial charge in [0.2, 0.25) is 0 Å². The van der Waals surface area contributed by atoms with Crippen molar-refractivity contribution in [2.75, 3.05) is 0 Å². The maximum absolute atomic E-state index is 12.0. The number of carbonyl (C=O) groups excluding carboxylic acids is 1. The fraction of sp³-hybridized carbons (Fsp3) is 0.188. The molecule has 0 aromatic heterocycles. The largest absolute Gasteiger partial charge is 0.349 e. The Morgan fingerprint density at radius 2 is 1.72 bits per heavy atom. The Labute approximate surface area is 107 Å². The molecular formula is C16H15NO. The minimum absolute atomic E-state index is 0.0535. The average molecular weight is 237 g/mol. The van der Waals surface area contributed by atoms with Crippen molar-refractivity contribution in [2.45, 2.75) is 18.9 Å². The maximum Gasteiger partial charge on any atom is 0.251 e. The molecule has 1 N–H and O–H groups in total. The molecule has 1 aliphatic heterocycles. The van der Waals surface area contributed by atoms with Crippen molar-refractivity contribution < 1.29 is 4.79 Å². The Bertz CT molecular complexity index is 562. The summed E-state index contributed by atoms with van der Waals surface area (Å²) in [5.74, 6) is 0.0535. The van der Waals surface area contributed by atoms with Gasteiger partial charge in [0, 0.05) is 11.6 Å². The summed E-state index contributed by atoms with van der Waals surface area (Å²) in [6.45, 7) is 0. The predicted molar refractivity (Wildman–Crippen MR) is 71.5 cm³/mol. The molecule has 3 rings (SSSR count). The van der Waals surface area contributed by atoms with Gasteiger partial charge in [-0.25, -0.2) is 0 Å². The standard InChI is InChI=1S/C16H15NO/c18-16-15-9-5-4-8-13(15)11-14(17-16)10-12-6-2-1-3-7-12/h1-9,14H,10-11H2,(H,17,18). The van der Waals surface area contributed by atoms with E-state index in [0.29, 0.717) is 0 Å². The average Bonchev–Trinajstić information content (AvgIpc) is 2.40. The van der Waals surface area contributed by atoms with Crippen LogP contribution < -0.4 is 5.32 Å². The van der Waals surface area contributed by atoms with Gasteiger partial charge in [-0.15, -0.1) is 0 Å². The molecule has 1 unspecified atom stereocenters. The second-order valence-electron chi connectivity index (χ2n) is 4.72. The number of carbonyl (C=O) groups is 1. The van der Waals surface area contributed by atoms with Crippen molar-refractivity contribution in [1.82, 2.24) is 5.32 Å². The van der Waals surface area contributed by atoms with Crippen LogP contribution in [0, 0.1) is 0 Å².